The molecule has 0 N–H and O–H groups in total. The topological polar surface area (TPSA) is 27.7 Å². The standard InChI is InChI=1S/C16H22BFO3/c1-15(2)16(3,4)21-17(20-15)14(18)13(11-19-5)12-9-7-6-8-10-12/h6-10H,11H2,1-5H3. The fourth-order valence-electron chi connectivity index (χ4n) is 2.16. The summed E-state index contributed by atoms with van der Waals surface area (Å²) >= 11 is 0. The largest absolute Gasteiger partial charge is 0.525 e. The summed E-state index contributed by atoms with van der Waals surface area (Å²) in [6.45, 7) is 7.77. The van der Waals surface area contributed by atoms with Crippen LogP contribution in [0.15, 0.2) is 36.1 Å². The number of rotatable bonds is 4. The molecule has 0 atom stereocenters. The molecule has 3 nitrogen and oxygen atoms in total. The van der Waals surface area contributed by atoms with Gasteiger partial charge in [-0.05, 0) is 33.3 Å². The van der Waals surface area contributed by atoms with E-state index in [0.29, 0.717) is 5.57 Å². The summed E-state index contributed by atoms with van der Waals surface area (Å²) < 4.78 is 31.5. The predicted octanol–water partition coefficient (Wildman–Crippen LogP) is 3.65. The Labute approximate surface area is 126 Å². The van der Waals surface area contributed by atoms with Crippen LogP contribution in [0.25, 0.3) is 5.57 Å². The van der Waals surface area contributed by atoms with Gasteiger partial charge in [0.25, 0.3) is 0 Å². The molecule has 0 spiro atoms. The number of hydrogen-bond donors (Lipinski definition) is 0. The van der Waals surface area contributed by atoms with Gasteiger partial charge in [-0.3, -0.25) is 0 Å². The van der Waals surface area contributed by atoms with E-state index in [0.717, 1.165) is 5.56 Å². The molecule has 0 amide bonds. The normalized spacial score (nSPS) is 21.3. The van der Waals surface area contributed by atoms with Gasteiger partial charge >= 0.3 is 7.12 Å². The second kappa shape index (κ2) is 5.91. The van der Waals surface area contributed by atoms with E-state index < -0.39 is 24.0 Å². The van der Waals surface area contributed by atoms with Crippen LogP contribution >= 0.6 is 0 Å². The summed E-state index contributed by atoms with van der Waals surface area (Å²) in [5, 5.41) is 0. The zero-order valence-electron chi connectivity index (χ0n) is 13.3. The van der Waals surface area contributed by atoms with Crippen LogP contribution in [0.5, 0.6) is 0 Å². The molecular formula is C16H22BFO3. The van der Waals surface area contributed by atoms with E-state index in [2.05, 4.69) is 0 Å². The molecule has 0 saturated carbocycles. The lowest BCUT2D eigenvalue weighted by Gasteiger charge is -2.32. The highest BCUT2D eigenvalue weighted by Crippen LogP contribution is 2.40. The van der Waals surface area contributed by atoms with Crippen LogP contribution in [0.4, 0.5) is 4.39 Å². The van der Waals surface area contributed by atoms with Crippen LogP contribution in [0, 0.1) is 0 Å². The van der Waals surface area contributed by atoms with E-state index in [9.17, 15) is 4.39 Å². The number of halogens is 1. The van der Waals surface area contributed by atoms with Gasteiger partial charge in [0.2, 0.25) is 0 Å². The maximum atomic E-state index is 14.9. The second-order valence-electron chi connectivity index (χ2n) is 6.21. The van der Waals surface area contributed by atoms with Crippen LogP contribution in [-0.4, -0.2) is 32.0 Å². The maximum absolute atomic E-state index is 14.9. The smallest absolute Gasteiger partial charge is 0.398 e. The van der Waals surface area contributed by atoms with Gasteiger partial charge in [0.1, 0.15) is 5.73 Å². The first-order chi connectivity index (χ1) is 9.78. The van der Waals surface area contributed by atoms with Crippen LogP contribution in [0.2, 0.25) is 0 Å². The Bertz CT molecular complexity index is 510. The highest BCUT2D eigenvalue weighted by molar-refractivity contribution is 6.55. The first kappa shape index (κ1) is 16.2. The van der Waals surface area contributed by atoms with E-state index in [-0.39, 0.29) is 6.61 Å². The summed E-state index contributed by atoms with van der Waals surface area (Å²) in [7, 11) is 0.542. The van der Waals surface area contributed by atoms with Crippen molar-refractivity contribution in [3.8, 4) is 0 Å². The Balaban J connectivity index is 2.36. The second-order valence-corrected chi connectivity index (χ2v) is 6.21. The summed E-state index contributed by atoms with van der Waals surface area (Å²) in [6, 6.07) is 9.31. The van der Waals surface area contributed by atoms with Crippen molar-refractivity contribution in [1.29, 1.82) is 0 Å². The monoisotopic (exact) mass is 292 g/mol. The Kier molecular flexibility index (Phi) is 4.56. The van der Waals surface area contributed by atoms with Gasteiger partial charge in [-0.15, -0.1) is 0 Å². The molecule has 0 bridgehead atoms. The molecule has 21 heavy (non-hydrogen) atoms. The Morgan fingerprint density at radius 2 is 1.62 bits per heavy atom. The molecule has 0 aromatic heterocycles. The average molecular weight is 292 g/mol. The lowest BCUT2D eigenvalue weighted by atomic mass is 9.83. The third-order valence-corrected chi connectivity index (χ3v) is 4.16. The minimum Gasteiger partial charge on any atom is -0.398 e. The van der Waals surface area contributed by atoms with Crippen molar-refractivity contribution >= 4 is 12.7 Å². The zero-order valence-corrected chi connectivity index (χ0v) is 13.3. The van der Waals surface area contributed by atoms with Crippen LogP contribution in [0.3, 0.4) is 0 Å². The molecular weight excluding hydrogens is 270 g/mol. The fourth-order valence-corrected chi connectivity index (χ4v) is 2.16. The van der Waals surface area contributed by atoms with Crippen LogP contribution in [-0.2, 0) is 14.0 Å². The molecule has 1 aliphatic rings. The predicted molar refractivity (Wildman–Crippen MR) is 82.4 cm³/mol. The fraction of sp³-hybridized carbons (Fsp3) is 0.500. The summed E-state index contributed by atoms with van der Waals surface area (Å²) in [4.78, 5) is 0. The summed E-state index contributed by atoms with van der Waals surface area (Å²) in [5.74, 6) is 0. The van der Waals surface area contributed by atoms with Gasteiger partial charge in [-0.2, -0.15) is 0 Å². The third kappa shape index (κ3) is 3.20. The van der Waals surface area contributed by atoms with Crippen LogP contribution < -0.4 is 0 Å². The van der Waals surface area contributed by atoms with Gasteiger partial charge in [0, 0.05) is 12.7 Å². The van der Waals surface area contributed by atoms with Gasteiger partial charge in [-0.25, -0.2) is 4.39 Å². The highest BCUT2D eigenvalue weighted by Gasteiger charge is 2.53. The molecule has 0 unspecified atom stereocenters. The van der Waals surface area contributed by atoms with E-state index in [1.54, 1.807) is 7.11 Å². The molecule has 0 radical (unpaired) electrons. The Hall–Kier alpha value is -1.17. The molecule has 1 aromatic carbocycles. The van der Waals surface area contributed by atoms with Crippen LogP contribution in [0.1, 0.15) is 33.3 Å². The van der Waals surface area contributed by atoms with E-state index >= 15 is 0 Å². The molecule has 1 saturated heterocycles. The Morgan fingerprint density at radius 1 is 1.10 bits per heavy atom. The van der Waals surface area contributed by atoms with Crippen molar-refractivity contribution in [3.63, 3.8) is 0 Å². The molecule has 1 aromatic rings. The van der Waals surface area contributed by atoms with E-state index in [4.69, 9.17) is 14.0 Å². The van der Waals surface area contributed by atoms with Gasteiger partial charge in [-0.1, -0.05) is 30.3 Å². The SMILES string of the molecule is COCC(=C(F)B1OC(C)(C)C(C)(C)O1)c1ccccc1. The van der Waals surface area contributed by atoms with E-state index in [1.165, 1.54) is 0 Å². The number of benzene rings is 1. The van der Waals surface area contributed by atoms with Crippen molar-refractivity contribution < 1.29 is 18.4 Å². The summed E-state index contributed by atoms with van der Waals surface area (Å²) in [6.07, 6.45) is 0. The van der Waals surface area contributed by atoms with E-state index in [1.807, 2.05) is 58.0 Å². The number of methoxy groups -OCH3 is 1. The highest BCUT2D eigenvalue weighted by atomic mass is 19.1. The lowest BCUT2D eigenvalue weighted by molar-refractivity contribution is 0.00578. The first-order valence-electron chi connectivity index (χ1n) is 7.07. The van der Waals surface area contributed by atoms with Crippen molar-refractivity contribution in [2.75, 3.05) is 13.7 Å². The molecule has 114 valence electrons. The lowest BCUT2D eigenvalue weighted by Crippen LogP contribution is -2.41. The molecule has 1 aliphatic heterocycles. The molecule has 0 aliphatic carbocycles. The quantitative estimate of drug-likeness (QED) is 0.793. The molecule has 2 rings (SSSR count). The third-order valence-electron chi connectivity index (χ3n) is 4.16. The first-order valence-corrected chi connectivity index (χ1v) is 7.07. The van der Waals surface area contributed by atoms with Crippen molar-refractivity contribution in [2.24, 2.45) is 0 Å². The zero-order chi connectivity index (χ0) is 15.7. The molecule has 1 fully saturated rings. The van der Waals surface area contributed by atoms with Crippen molar-refractivity contribution in [3.05, 3.63) is 41.6 Å². The van der Waals surface area contributed by atoms with Crippen molar-refractivity contribution in [2.45, 2.75) is 38.9 Å². The maximum Gasteiger partial charge on any atom is 0.525 e. The minimum atomic E-state index is -1.000. The average Bonchev–Trinajstić information content (AvgIpc) is 2.65. The molecule has 5 heteroatoms. The van der Waals surface area contributed by atoms with Gasteiger partial charge in [0.15, 0.2) is 0 Å². The van der Waals surface area contributed by atoms with Gasteiger partial charge < -0.3 is 14.0 Å². The van der Waals surface area contributed by atoms with Gasteiger partial charge in [0.05, 0.1) is 17.8 Å². The summed E-state index contributed by atoms with van der Waals surface area (Å²) in [5.41, 5.74) is -0.335. The van der Waals surface area contributed by atoms with Crippen molar-refractivity contribution in [1.82, 2.24) is 0 Å². The minimum absolute atomic E-state index is 0.167. The number of hydrogen-bond acceptors (Lipinski definition) is 3. The number of ether oxygens (including phenoxy) is 1. The molecule has 1 heterocycles. The Morgan fingerprint density at radius 3 is 2.10 bits per heavy atom.